The number of nitrogens with zero attached hydrogens (tertiary/aromatic N) is 3. The predicted molar refractivity (Wildman–Crippen MR) is 143 cm³/mol. The van der Waals surface area contributed by atoms with Crippen LogP contribution in [0.2, 0.25) is 0 Å². The summed E-state index contributed by atoms with van der Waals surface area (Å²) in [7, 11) is 0. The van der Waals surface area contributed by atoms with Gasteiger partial charge in [0, 0.05) is 50.9 Å². The number of benzene rings is 2. The maximum Gasteiger partial charge on any atom is 0.416 e. The number of hydrogen-bond acceptors (Lipinski definition) is 4. The first-order valence-electron chi connectivity index (χ1n) is 13.3. The molecule has 2 fully saturated rings. The van der Waals surface area contributed by atoms with Crippen molar-refractivity contribution in [3.8, 4) is 0 Å². The molecule has 0 bridgehead atoms. The van der Waals surface area contributed by atoms with E-state index in [9.17, 15) is 18.0 Å². The Kier molecular flexibility index (Phi) is 9.20. The third-order valence-electron chi connectivity index (χ3n) is 8.35. The average Bonchev–Trinajstić information content (AvgIpc) is 3.30. The number of halogens is 4. The fraction of sp³-hybridized carbons (Fsp3) is 0.552. The molecule has 1 saturated carbocycles. The van der Waals surface area contributed by atoms with E-state index >= 15 is 0 Å². The quantitative estimate of drug-likeness (QED) is 0.432. The maximum absolute atomic E-state index is 13.0. The van der Waals surface area contributed by atoms with E-state index in [2.05, 4.69) is 39.0 Å². The molecule has 2 aromatic rings. The van der Waals surface area contributed by atoms with Gasteiger partial charge in [-0.25, -0.2) is 0 Å². The highest BCUT2D eigenvalue weighted by Crippen LogP contribution is 2.34. The summed E-state index contributed by atoms with van der Waals surface area (Å²) in [6, 6.07) is 14.1. The Morgan fingerprint density at radius 3 is 2.11 bits per heavy atom. The lowest BCUT2D eigenvalue weighted by atomic mass is 9.78. The lowest BCUT2D eigenvalue weighted by Crippen LogP contribution is -2.47. The highest BCUT2D eigenvalue weighted by atomic mass is 35.5. The number of piperazine rings is 1. The minimum Gasteiger partial charge on any atom is -0.369 e. The number of hydrogen-bond donors (Lipinski definition) is 0. The lowest BCUT2D eigenvalue weighted by molar-refractivity contribution is -0.137. The van der Waals surface area contributed by atoms with Crippen molar-refractivity contribution in [1.82, 2.24) is 9.80 Å². The van der Waals surface area contributed by atoms with Crippen LogP contribution in [-0.4, -0.2) is 54.9 Å². The Balaban J connectivity index is 0.00000320. The fourth-order valence-corrected chi connectivity index (χ4v) is 6.11. The topological polar surface area (TPSA) is 26.8 Å². The molecule has 8 heteroatoms. The van der Waals surface area contributed by atoms with Crippen LogP contribution in [0.1, 0.15) is 48.8 Å². The fourth-order valence-electron chi connectivity index (χ4n) is 6.11. The van der Waals surface area contributed by atoms with E-state index in [1.54, 1.807) is 6.07 Å². The normalized spacial score (nSPS) is 22.9. The van der Waals surface area contributed by atoms with E-state index < -0.39 is 11.7 Å². The van der Waals surface area contributed by atoms with Crippen LogP contribution in [0, 0.1) is 11.8 Å². The van der Waals surface area contributed by atoms with Gasteiger partial charge in [-0.3, -0.25) is 14.6 Å². The Morgan fingerprint density at radius 1 is 0.838 bits per heavy atom. The van der Waals surface area contributed by atoms with E-state index in [1.807, 2.05) is 0 Å². The maximum atomic E-state index is 13.0. The zero-order valence-electron chi connectivity index (χ0n) is 21.3. The first-order chi connectivity index (χ1) is 17.3. The van der Waals surface area contributed by atoms with Crippen molar-refractivity contribution < 1.29 is 18.0 Å². The van der Waals surface area contributed by atoms with Crippen molar-refractivity contribution in [1.29, 1.82) is 0 Å². The van der Waals surface area contributed by atoms with Crippen molar-refractivity contribution >= 4 is 23.9 Å². The van der Waals surface area contributed by atoms with Gasteiger partial charge in [-0.2, -0.15) is 13.2 Å². The van der Waals surface area contributed by atoms with Gasteiger partial charge in [-0.15, -0.1) is 12.4 Å². The SMILES string of the molecule is Cl.O=C(CN1Cc2ccccc2C1)C1CCC(CCN2CCN(c3cccc(C(F)(F)F)c3)CC2)CC1. The molecule has 1 saturated heterocycles. The summed E-state index contributed by atoms with van der Waals surface area (Å²) in [6.07, 6.45) is 1.11. The first-order valence-corrected chi connectivity index (χ1v) is 13.3. The predicted octanol–water partition coefficient (Wildman–Crippen LogP) is 6.03. The second-order valence-electron chi connectivity index (χ2n) is 10.8. The van der Waals surface area contributed by atoms with Crippen molar-refractivity contribution in [2.24, 2.45) is 11.8 Å². The van der Waals surface area contributed by atoms with Crippen LogP contribution in [0.3, 0.4) is 0 Å². The van der Waals surface area contributed by atoms with Crippen molar-refractivity contribution in [3.63, 3.8) is 0 Å². The standard InChI is InChI=1S/C29H36F3N3O.ClH/c30-29(31,32)26-6-3-7-27(18-26)35-16-14-33(15-17-35)13-12-22-8-10-23(11-9-22)28(36)21-34-19-24-4-1-2-5-25(24)20-34;/h1-7,18,22-23H,8-17,19-21H2;1H. The Labute approximate surface area is 224 Å². The largest absolute Gasteiger partial charge is 0.416 e. The summed E-state index contributed by atoms with van der Waals surface area (Å²) in [6.45, 7) is 6.64. The number of fused-ring (bicyclic) bond motifs is 1. The molecule has 0 N–H and O–H groups in total. The number of Topliss-reactive ketones (excluding diaryl/α,β-unsaturated/α-hetero) is 1. The van der Waals surface area contributed by atoms with E-state index in [0.29, 0.717) is 23.9 Å². The van der Waals surface area contributed by atoms with Gasteiger partial charge in [-0.05, 0) is 73.9 Å². The smallest absolute Gasteiger partial charge is 0.369 e. The zero-order valence-corrected chi connectivity index (χ0v) is 22.1. The Bertz CT molecular complexity index is 1020. The molecule has 3 aliphatic rings. The highest BCUT2D eigenvalue weighted by Gasteiger charge is 2.32. The third-order valence-corrected chi connectivity index (χ3v) is 8.35. The van der Waals surface area contributed by atoms with Gasteiger partial charge in [0.1, 0.15) is 5.78 Å². The molecule has 0 unspecified atom stereocenters. The van der Waals surface area contributed by atoms with Gasteiger partial charge >= 0.3 is 6.18 Å². The van der Waals surface area contributed by atoms with Crippen molar-refractivity contribution in [2.45, 2.75) is 51.4 Å². The summed E-state index contributed by atoms with van der Waals surface area (Å²) < 4.78 is 39.1. The minimum atomic E-state index is -4.30. The summed E-state index contributed by atoms with van der Waals surface area (Å²) in [5.41, 5.74) is 2.78. The molecule has 4 nitrogen and oxygen atoms in total. The Hall–Kier alpha value is -2.09. The molecule has 0 amide bonds. The molecular formula is C29H37ClF3N3O. The van der Waals surface area contributed by atoms with Crippen LogP contribution < -0.4 is 4.90 Å². The van der Waals surface area contributed by atoms with Crippen LogP contribution >= 0.6 is 12.4 Å². The van der Waals surface area contributed by atoms with Gasteiger partial charge in [0.25, 0.3) is 0 Å². The van der Waals surface area contributed by atoms with E-state index in [1.165, 1.54) is 23.3 Å². The number of carbonyl (C=O) groups excluding carboxylic acids is 1. The zero-order chi connectivity index (χ0) is 25.1. The van der Waals surface area contributed by atoms with Gasteiger partial charge in [0.05, 0.1) is 12.1 Å². The number of ketones is 1. The molecule has 0 aromatic heterocycles. The summed E-state index contributed by atoms with van der Waals surface area (Å²) in [5, 5.41) is 0. The molecule has 0 atom stereocenters. The number of anilines is 1. The van der Waals surface area contributed by atoms with E-state index in [4.69, 9.17) is 0 Å². The average molecular weight is 536 g/mol. The molecule has 2 aromatic carbocycles. The van der Waals surface area contributed by atoms with Crippen LogP contribution in [-0.2, 0) is 24.1 Å². The van der Waals surface area contributed by atoms with E-state index in [0.717, 1.165) is 84.0 Å². The number of carbonyl (C=O) groups is 1. The van der Waals surface area contributed by atoms with Crippen LogP contribution in [0.25, 0.3) is 0 Å². The van der Waals surface area contributed by atoms with Gasteiger partial charge in [0.2, 0.25) is 0 Å². The third kappa shape index (κ3) is 7.06. The Morgan fingerprint density at radius 2 is 1.49 bits per heavy atom. The summed E-state index contributed by atoms with van der Waals surface area (Å²) >= 11 is 0. The summed E-state index contributed by atoms with van der Waals surface area (Å²) in [5.74, 6) is 1.29. The highest BCUT2D eigenvalue weighted by molar-refractivity contribution is 5.85. The van der Waals surface area contributed by atoms with Crippen LogP contribution in [0.4, 0.5) is 18.9 Å². The second-order valence-corrected chi connectivity index (χ2v) is 10.8. The van der Waals surface area contributed by atoms with Crippen LogP contribution in [0.15, 0.2) is 48.5 Å². The van der Waals surface area contributed by atoms with E-state index in [-0.39, 0.29) is 18.3 Å². The molecule has 5 rings (SSSR count). The van der Waals surface area contributed by atoms with Crippen LogP contribution in [0.5, 0.6) is 0 Å². The number of rotatable bonds is 7. The van der Waals surface area contributed by atoms with Crippen molar-refractivity contribution in [2.75, 3.05) is 44.2 Å². The minimum absolute atomic E-state index is 0. The molecule has 37 heavy (non-hydrogen) atoms. The van der Waals surface area contributed by atoms with Crippen molar-refractivity contribution in [3.05, 3.63) is 65.2 Å². The van der Waals surface area contributed by atoms with Gasteiger partial charge < -0.3 is 4.90 Å². The molecule has 1 aliphatic carbocycles. The summed E-state index contributed by atoms with van der Waals surface area (Å²) in [4.78, 5) is 19.7. The molecule has 202 valence electrons. The first kappa shape index (κ1) is 27.9. The molecule has 0 spiro atoms. The number of alkyl halides is 3. The molecule has 0 radical (unpaired) electrons. The molecule has 2 heterocycles. The molecule has 2 aliphatic heterocycles. The molecular weight excluding hydrogens is 499 g/mol. The monoisotopic (exact) mass is 535 g/mol. The lowest BCUT2D eigenvalue weighted by Gasteiger charge is -2.37. The van der Waals surface area contributed by atoms with Gasteiger partial charge in [-0.1, -0.05) is 30.3 Å². The second kappa shape index (κ2) is 12.2. The van der Waals surface area contributed by atoms with Gasteiger partial charge in [0.15, 0.2) is 0 Å².